The summed E-state index contributed by atoms with van der Waals surface area (Å²) in [5.74, 6) is -3.39. The van der Waals surface area contributed by atoms with Crippen molar-refractivity contribution in [3.05, 3.63) is 0 Å². The number of alkyl halides is 1. The summed E-state index contributed by atoms with van der Waals surface area (Å²) < 4.78 is -0.489. The molecule has 0 heterocycles. The summed E-state index contributed by atoms with van der Waals surface area (Å²) in [5, 5.41) is 18.3. The number of halogens is 1. The minimum atomic E-state index is -0.983. The van der Waals surface area contributed by atoms with Gasteiger partial charge in [-0.15, -0.1) is 0 Å². The van der Waals surface area contributed by atoms with Gasteiger partial charge in [0, 0.05) is 4.32 Å². The normalized spacial score (nSPS) is 43.9. The highest BCUT2D eigenvalue weighted by atomic mass is 79.9. The monoisotopic (exact) mass is 276 g/mol. The zero-order chi connectivity index (χ0) is 11.2. The van der Waals surface area contributed by atoms with E-state index in [1.165, 1.54) is 0 Å². The molecule has 3 fully saturated rings. The highest BCUT2D eigenvalue weighted by Gasteiger charge is 2.57. The van der Waals surface area contributed by atoms with Crippen molar-refractivity contribution in [3.8, 4) is 0 Å². The van der Waals surface area contributed by atoms with Gasteiger partial charge in [0.05, 0.1) is 11.8 Å². The molecule has 0 spiro atoms. The highest BCUT2D eigenvalue weighted by molar-refractivity contribution is 9.10. The molecule has 0 aliphatic heterocycles. The van der Waals surface area contributed by atoms with E-state index < -0.39 is 28.1 Å². The Bertz CT molecular complexity index is 307. The molecule has 3 aliphatic rings. The van der Waals surface area contributed by atoms with Gasteiger partial charge in [-0.25, -0.2) is 0 Å². The lowest BCUT2D eigenvalue weighted by Gasteiger charge is -2.50. The molecule has 2 atom stereocenters. The minimum Gasteiger partial charge on any atom is -0.481 e. The molecule has 5 heteroatoms. The fourth-order valence-corrected chi connectivity index (χ4v) is 4.04. The average molecular weight is 277 g/mol. The maximum absolute atomic E-state index is 11.2. The molecule has 84 valence electrons. The number of rotatable bonds is 2. The zero-order valence-electron chi connectivity index (χ0n) is 8.15. The second-order valence-electron chi connectivity index (χ2n) is 4.55. The lowest BCUT2D eigenvalue weighted by atomic mass is 9.58. The predicted octanol–water partition coefficient (Wildman–Crippen LogP) is 1.73. The molecule has 0 radical (unpaired) electrons. The minimum absolute atomic E-state index is 0.0445. The van der Waals surface area contributed by atoms with Crippen molar-refractivity contribution < 1.29 is 19.8 Å². The maximum atomic E-state index is 11.2. The third-order valence-corrected chi connectivity index (χ3v) is 5.12. The molecular formula is C10H13BrO4. The second kappa shape index (κ2) is 3.47. The first-order valence-electron chi connectivity index (χ1n) is 5.10. The van der Waals surface area contributed by atoms with Gasteiger partial charge in [-0.05, 0) is 31.6 Å². The van der Waals surface area contributed by atoms with Crippen LogP contribution in [0.4, 0.5) is 0 Å². The van der Waals surface area contributed by atoms with E-state index >= 15 is 0 Å². The smallest absolute Gasteiger partial charge is 0.308 e. The number of carboxylic acid groups (broad SMARTS) is 2. The van der Waals surface area contributed by atoms with Crippen molar-refractivity contribution in [1.82, 2.24) is 0 Å². The zero-order valence-corrected chi connectivity index (χ0v) is 9.74. The van der Waals surface area contributed by atoms with Crippen LogP contribution in [0.25, 0.3) is 0 Å². The SMILES string of the molecule is O=C(O)[C@H]1C2CCC(Br)(CC2)[C@H]1C(=O)O. The molecule has 4 nitrogen and oxygen atoms in total. The van der Waals surface area contributed by atoms with Crippen LogP contribution >= 0.6 is 15.9 Å². The number of fused-ring (bicyclic) bond motifs is 3. The Morgan fingerprint density at radius 2 is 1.67 bits per heavy atom. The van der Waals surface area contributed by atoms with Crippen LogP contribution in [0.1, 0.15) is 25.7 Å². The first-order valence-corrected chi connectivity index (χ1v) is 5.89. The number of aliphatic carboxylic acids is 2. The molecule has 2 N–H and O–H groups in total. The molecule has 0 unspecified atom stereocenters. The van der Waals surface area contributed by atoms with Crippen LogP contribution in [-0.2, 0) is 9.59 Å². The number of carboxylic acids is 2. The van der Waals surface area contributed by atoms with Gasteiger partial charge in [-0.3, -0.25) is 9.59 Å². The largest absolute Gasteiger partial charge is 0.481 e. The predicted molar refractivity (Wildman–Crippen MR) is 55.9 cm³/mol. The second-order valence-corrected chi connectivity index (χ2v) is 6.13. The van der Waals surface area contributed by atoms with Crippen molar-refractivity contribution >= 4 is 27.9 Å². The van der Waals surface area contributed by atoms with Crippen molar-refractivity contribution in [1.29, 1.82) is 0 Å². The molecule has 3 aliphatic carbocycles. The summed E-state index contributed by atoms with van der Waals surface area (Å²) in [7, 11) is 0. The van der Waals surface area contributed by atoms with Crippen molar-refractivity contribution in [2.24, 2.45) is 17.8 Å². The van der Waals surface area contributed by atoms with Gasteiger partial charge in [0.25, 0.3) is 0 Å². The van der Waals surface area contributed by atoms with E-state index in [0.29, 0.717) is 0 Å². The van der Waals surface area contributed by atoms with Crippen LogP contribution in [0.15, 0.2) is 0 Å². The Morgan fingerprint density at radius 3 is 2.00 bits per heavy atom. The van der Waals surface area contributed by atoms with Crippen molar-refractivity contribution in [3.63, 3.8) is 0 Å². The van der Waals surface area contributed by atoms with Gasteiger partial charge < -0.3 is 10.2 Å². The molecule has 3 rings (SSSR count). The lowest BCUT2D eigenvalue weighted by molar-refractivity contribution is -0.163. The number of hydrogen-bond donors (Lipinski definition) is 2. The first kappa shape index (κ1) is 10.9. The summed E-state index contributed by atoms with van der Waals surface area (Å²) >= 11 is 3.46. The molecule has 3 saturated carbocycles. The van der Waals surface area contributed by atoms with Crippen molar-refractivity contribution in [2.75, 3.05) is 0 Å². The van der Waals surface area contributed by atoms with Gasteiger partial charge in [-0.2, -0.15) is 0 Å². The van der Waals surface area contributed by atoms with Gasteiger partial charge in [0.1, 0.15) is 0 Å². The molecule has 0 saturated heterocycles. The average Bonchev–Trinajstić information content (AvgIpc) is 2.16. The third-order valence-electron chi connectivity index (χ3n) is 3.84. The van der Waals surface area contributed by atoms with E-state index in [2.05, 4.69) is 15.9 Å². The third kappa shape index (κ3) is 1.57. The summed E-state index contributed by atoms with van der Waals surface area (Å²) in [4.78, 5) is 22.3. The molecule has 0 amide bonds. The Morgan fingerprint density at radius 1 is 1.13 bits per heavy atom. The standard InChI is InChI=1S/C10H13BrO4/c11-10-3-1-5(2-4-10)6(8(12)13)7(10)9(14)15/h5-7H,1-4H2,(H,12,13)(H,14,15)/t5?,6-,7+,10?/m0/s1. The molecule has 0 aromatic carbocycles. The van der Waals surface area contributed by atoms with E-state index in [4.69, 9.17) is 10.2 Å². The van der Waals surface area contributed by atoms with Crippen LogP contribution in [-0.4, -0.2) is 26.5 Å². The van der Waals surface area contributed by atoms with Crippen LogP contribution in [0, 0.1) is 17.8 Å². The van der Waals surface area contributed by atoms with Crippen LogP contribution in [0.3, 0.4) is 0 Å². The van der Waals surface area contributed by atoms with Gasteiger partial charge in [0.2, 0.25) is 0 Å². The van der Waals surface area contributed by atoms with E-state index in [9.17, 15) is 9.59 Å². The molecule has 0 aromatic heterocycles. The number of hydrogen-bond acceptors (Lipinski definition) is 2. The Labute approximate surface area is 95.8 Å². The van der Waals surface area contributed by atoms with Crippen LogP contribution in [0.5, 0.6) is 0 Å². The highest BCUT2D eigenvalue weighted by Crippen LogP contribution is 2.55. The van der Waals surface area contributed by atoms with Gasteiger partial charge in [-0.1, -0.05) is 15.9 Å². The number of carbonyl (C=O) groups is 2. The van der Waals surface area contributed by atoms with Crippen LogP contribution in [0.2, 0.25) is 0 Å². The fourth-order valence-electron chi connectivity index (χ4n) is 3.10. The maximum Gasteiger partial charge on any atom is 0.308 e. The Balaban J connectivity index is 2.37. The van der Waals surface area contributed by atoms with Crippen molar-refractivity contribution in [2.45, 2.75) is 30.0 Å². The van der Waals surface area contributed by atoms with Gasteiger partial charge in [0.15, 0.2) is 0 Å². The van der Waals surface area contributed by atoms with E-state index in [1.54, 1.807) is 0 Å². The van der Waals surface area contributed by atoms with E-state index in [1.807, 2.05) is 0 Å². The molecule has 2 bridgehead atoms. The topological polar surface area (TPSA) is 74.6 Å². The fraction of sp³-hybridized carbons (Fsp3) is 0.800. The summed E-state index contributed by atoms with van der Waals surface area (Å²) in [5.41, 5.74) is 0. The summed E-state index contributed by atoms with van der Waals surface area (Å²) in [6.07, 6.45) is 3.20. The Hall–Kier alpha value is -0.580. The first-order chi connectivity index (χ1) is 6.96. The summed E-state index contributed by atoms with van der Waals surface area (Å²) in [6.45, 7) is 0. The lowest BCUT2D eigenvalue weighted by Crippen LogP contribution is -2.55. The summed E-state index contributed by atoms with van der Waals surface area (Å²) in [6, 6.07) is 0. The van der Waals surface area contributed by atoms with E-state index in [0.717, 1.165) is 25.7 Å². The van der Waals surface area contributed by atoms with Crippen LogP contribution < -0.4 is 0 Å². The van der Waals surface area contributed by atoms with Gasteiger partial charge >= 0.3 is 11.9 Å². The molecular weight excluding hydrogens is 264 g/mol. The quantitative estimate of drug-likeness (QED) is 0.754. The Kier molecular flexibility index (Phi) is 2.53. The van der Waals surface area contributed by atoms with E-state index in [-0.39, 0.29) is 5.92 Å². The molecule has 0 aromatic rings. The molecule has 15 heavy (non-hydrogen) atoms.